The van der Waals surface area contributed by atoms with Crippen LogP contribution in [-0.2, 0) is 19.1 Å². The number of carbonyl (C=O) groups is 4. The van der Waals surface area contributed by atoms with Crippen LogP contribution in [0.25, 0.3) is 10.4 Å². The summed E-state index contributed by atoms with van der Waals surface area (Å²) in [6.45, 7) is 18.2. The number of amides is 4. The summed E-state index contributed by atoms with van der Waals surface area (Å²) in [5, 5.41) is 40.7. The number of ether oxygens (including phenoxy) is 2. The lowest BCUT2D eigenvalue weighted by Crippen LogP contribution is -2.74. The third kappa shape index (κ3) is 12.1. The van der Waals surface area contributed by atoms with Gasteiger partial charge in [0, 0.05) is 49.1 Å². The van der Waals surface area contributed by atoms with Crippen molar-refractivity contribution < 1.29 is 33.8 Å². The Morgan fingerprint density at radius 1 is 1.00 bits per heavy atom. The van der Waals surface area contributed by atoms with Gasteiger partial charge in [-0.05, 0) is 73.9 Å². The Bertz CT molecular complexity index is 2450. The van der Waals surface area contributed by atoms with Gasteiger partial charge in [-0.1, -0.05) is 84.3 Å². The molecule has 2 aliphatic rings. The van der Waals surface area contributed by atoms with Gasteiger partial charge in [0.25, 0.3) is 5.91 Å². The molecule has 68 heavy (non-hydrogen) atoms. The molecule has 3 heterocycles. The van der Waals surface area contributed by atoms with Gasteiger partial charge in [0.1, 0.15) is 42.4 Å². The molecular formula is C50H64ClN9O7S. The van der Waals surface area contributed by atoms with Gasteiger partial charge in [0.05, 0.1) is 38.8 Å². The fraction of sp³-hybridized carbons (Fsp3) is 0.520. The van der Waals surface area contributed by atoms with E-state index in [0.29, 0.717) is 41.7 Å². The Labute approximate surface area is 407 Å². The maximum atomic E-state index is 14.1. The van der Waals surface area contributed by atoms with Crippen molar-refractivity contribution in [2.75, 3.05) is 31.6 Å². The molecule has 18 heteroatoms. The molecule has 2 aromatic carbocycles. The van der Waals surface area contributed by atoms with Gasteiger partial charge in [-0.3, -0.25) is 19.2 Å². The lowest BCUT2D eigenvalue weighted by atomic mass is 9.49. The van der Waals surface area contributed by atoms with E-state index < -0.39 is 46.2 Å². The summed E-state index contributed by atoms with van der Waals surface area (Å²) in [7, 11) is 0. The number of rotatable bonds is 19. The van der Waals surface area contributed by atoms with Crippen LogP contribution in [-0.4, -0.2) is 105 Å². The van der Waals surface area contributed by atoms with Crippen molar-refractivity contribution in [3.05, 3.63) is 87.6 Å². The number of unbranched alkanes of at least 4 members (excludes halogenated alkanes) is 2. The number of benzene rings is 2. The minimum Gasteiger partial charge on any atom is -0.489 e. The SMILES string of the molecule is Cc1ncsc1-c1ccc([C@H](C)NC(=O)[C@@H]2C[C@@H](O)CN2C(=O)[C@@H](NC(=O)COCCCCCNc2ccc(C(=O)N[C@H]3C(C)(C)[C@H](Oc4ccc(C#N)c(Cl)c4)C3(C)C)nn2)C(C)(C)C)cc1. The van der Waals surface area contributed by atoms with E-state index in [0.717, 1.165) is 34.5 Å². The number of aliphatic hydroxyl groups excluding tert-OH is 1. The highest BCUT2D eigenvalue weighted by molar-refractivity contribution is 7.13. The molecule has 16 nitrogen and oxygen atoms in total. The van der Waals surface area contributed by atoms with Crippen LogP contribution in [0.5, 0.6) is 5.75 Å². The molecule has 6 rings (SSSR count). The van der Waals surface area contributed by atoms with E-state index in [2.05, 4.69) is 36.4 Å². The number of thiazole rings is 1. The number of likely N-dealkylation sites (tertiary alicyclic amines) is 1. The number of nitriles is 1. The molecule has 0 spiro atoms. The summed E-state index contributed by atoms with van der Waals surface area (Å²) in [6, 6.07) is 15.9. The molecular weight excluding hydrogens is 906 g/mol. The second kappa shape index (κ2) is 21.7. The number of halogens is 1. The van der Waals surface area contributed by atoms with Crippen molar-refractivity contribution in [3.8, 4) is 22.3 Å². The molecule has 1 aliphatic heterocycles. The van der Waals surface area contributed by atoms with Crippen LogP contribution >= 0.6 is 22.9 Å². The first-order valence-electron chi connectivity index (χ1n) is 23.0. The first-order chi connectivity index (χ1) is 32.1. The standard InChI is InChI=1S/C50H64ClN9O7S/c1-29(31-13-15-32(16-14-31)41-30(2)54-28-68-41)55-44(64)38-23-34(61)26-60(38)45(65)42(48(3,4)5)56-40(62)27-66-22-12-10-11-21-53-39-20-19-37(58-59-39)43(63)57-46-49(6,7)47(50(46,8)9)67-35-18-17-33(25-52)36(51)24-35/h13-20,24,28-29,34,38,42,46-47,61H,10-12,21-23,26-27H2,1-9H3,(H,53,59)(H,55,64)(H,56,62)(H,57,63)/t29-,34+,38-,42+,46-,47-/m0/s1. The van der Waals surface area contributed by atoms with Gasteiger partial charge in [-0.15, -0.1) is 21.5 Å². The number of hydrogen-bond acceptors (Lipinski definition) is 13. The minimum absolute atomic E-state index is 0.0209. The maximum absolute atomic E-state index is 14.1. The van der Waals surface area contributed by atoms with E-state index in [9.17, 15) is 29.5 Å². The molecule has 364 valence electrons. The summed E-state index contributed by atoms with van der Waals surface area (Å²) in [6.07, 6.45) is 1.26. The molecule has 1 saturated heterocycles. The second-order valence-electron chi connectivity index (χ2n) is 20.0. The molecule has 4 aromatic rings. The Kier molecular flexibility index (Phi) is 16.5. The number of β-amino-alcohol motifs (C(OH)–C–C–N with tert-alkyl or cyclic N) is 1. The summed E-state index contributed by atoms with van der Waals surface area (Å²) in [5.41, 5.74) is 3.73. The molecule has 1 aliphatic carbocycles. The molecule has 5 N–H and O–H groups in total. The average Bonchev–Trinajstić information content (AvgIpc) is 3.91. The monoisotopic (exact) mass is 969 g/mol. The molecule has 0 radical (unpaired) electrons. The van der Waals surface area contributed by atoms with Gasteiger partial charge in [0.2, 0.25) is 17.7 Å². The highest BCUT2D eigenvalue weighted by Crippen LogP contribution is 2.55. The number of carbonyl (C=O) groups excluding carboxylic acids is 4. The van der Waals surface area contributed by atoms with Crippen LogP contribution in [0.4, 0.5) is 5.82 Å². The summed E-state index contributed by atoms with van der Waals surface area (Å²) in [5.74, 6) is -0.514. The highest BCUT2D eigenvalue weighted by atomic mass is 35.5. The van der Waals surface area contributed by atoms with Crippen LogP contribution in [0.3, 0.4) is 0 Å². The van der Waals surface area contributed by atoms with E-state index in [1.54, 1.807) is 41.7 Å². The van der Waals surface area contributed by atoms with Crippen LogP contribution in [0.2, 0.25) is 5.02 Å². The Balaban J connectivity index is 0.887. The van der Waals surface area contributed by atoms with Crippen LogP contribution in [0.1, 0.15) is 114 Å². The first kappa shape index (κ1) is 51.7. The third-order valence-electron chi connectivity index (χ3n) is 12.9. The van der Waals surface area contributed by atoms with E-state index in [-0.39, 0.29) is 55.3 Å². The van der Waals surface area contributed by atoms with E-state index >= 15 is 0 Å². The van der Waals surface area contributed by atoms with Crippen molar-refractivity contribution in [1.29, 1.82) is 5.26 Å². The molecule has 2 aromatic heterocycles. The van der Waals surface area contributed by atoms with Crippen molar-refractivity contribution in [3.63, 3.8) is 0 Å². The van der Waals surface area contributed by atoms with Crippen molar-refractivity contribution in [2.24, 2.45) is 16.2 Å². The zero-order chi connectivity index (χ0) is 49.6. The van der Waals surface area contributed by atoms with Crippen LogP contribution in [0, 0.1) is 34.5 Å². The number of anilines is 1. The number of aliphatic hydroxyl groups is 1. The maximum Gasteiger partial charge on any atom is 0.272 e. The van der Waals surface area contributed by atoms with E-state index in [1.807, 2.05) is 98.2 Å². The number of hydrogen-bond donors (Lipinski definition) is 5. The van der Waals surface area contributed by atoms with Crippen LogP contribution < -0.4 is 26.0 Å². The average molecular weight is 971 g/mol. The third-order valence-corrected chi connectivity index (χ3v) is 14.2. The van der Waals surface area contributed by atoms with Gasteiger partial charge in [0.15, 0.2) is 5.69 Å². The lowest BCUT2D eigenvalue weighted by Gasteiger charge is -2.63. The van der Waals surface area contributed by atoms with Gasteiger partial charge >= 0.3 is 0 Å². The van der Waals surface area contributed by atoms with Gasteiger partial charge in [-0.2, -0.15) is 5.26 Å². The largest absolute Gasteiger partial charge is 0.489 e. The fourth-order valence-electron chi connectivity index (χ4n) is 9.45. The topological polar surface area (TPSA) is 221 Å². The summed E-state index contributed by atoms with van der Waals surface area (Å²) in [4.78, 5) is 60.9. The van der Waals surface area contributed by atoms with Gasteiger partial charge < -0.3 is 40.7 Å². The zero-order valence-corrected chi connectivity index (χ0v) is 41.9. The van der Waals surface area contributed by atoms with Crippen molar-refractivity contribution >= 4 is 52.4 Å². The molecule has 0 unspecified atom stereocenters. The number of nitrogens with zero attached hydrogens (tertiary/aromatic N) is 5. The number of aromatic nitrogens is 3. The zero-order valence-electron chi connectivity index (χ0n) is 40.3. The lowest BCUT2D eigenvalue weighted by molar-refractivity contribution is -0.164. The molecule has 4 atom stereocenters. The second-order valence-corrected chi connectivity index (χ2v) is 21.3. The summed E-state index contributed by atoms with van der Waals surface area (Å²) < 4.78 is 12.0. The first-order valence-corrected chi connectivity index (χ1v) is 24.3. The Morgan fingerprint density at radius 2 is 1.72 bits per heavy atom. The normalized spacial score (nSPS) is 20.3. The minimum atomic E-state index is -0.963. The predicted octanol–water partition coefficient (Wildman–Crippen LogP) is 7.01. The van der Waals surface area contributed by atoms with E-state index in [1.165, 1.54) is 4.90 Å². The van der Waals surface area contributed by atoms with Crippen LogP contribution in [0.15, 0.2) is 60.1 Å². The smallest absolute Gasteiger partial charge is 0.272 e. The molecule has 2 fully saturated rings. The molecule has 0 bridgehead atoms. The predicted molar refractivity (Wildman–Crippen MR) is 261 cm³/mol. The van der Waals surface area contributed by atoms with Crippen molar-refractivity contribution in [1.82, 2.24) is 36.0 Å². The van der Waals surface area contributed by atoms with Crippen molar-refractivity contribution in [2.45, 2.75) is 124 Å². The highest BCUT2D eigenvalue weighted by Gasteiger charge is 2.64. The Hall–Kier alpha value is -5.67. The number of nitrogens with one attached hydrogen (secondary N) is 4. The molecule has 1 saturated carbocycles. The fourth-order valence-corrected chi connectivity index (χ4v) is 10.5. The Morgan fingerprint density at radius 3 is 2.34 bits per heavy atom. The van der Waals surface area contributed by atoms with Gasteiger partial charge in [-0.25, -0.2) is 4.98 Å². The summed E-state index contributed by atoms with van der Waals surface area (Å²) >= 11 is 7.80. The molecule has 4 amide bonds. The quantitative estimate of drug-likeness (QED) is 0.0599. The number of aryl methyl sites for hydroxylation is 1. The van der Waals surface area contributed by atoms with E-state index in [4.69, 9.17) is 21.1 Å².